The van der Waals surface area contributed by atoms with Crippen LogP contribution in [-0.4, -0.2) is 17.6 Å². The molecule has 1 aromatic carbocycles. The Bertz CT molecular complexity index is 660. The van der Waals surface area contributed by atoms with E-state index in [0.717, 1.165) is 4.90 Å². The number of hydrogen-bond acceptors (Lipinski definition) is 3. The Labute approximate surface area is 133 Å². The highest BCUT2D eigenvalue weighted by molar-refractivity contribution is 6.44. The first-order valence-electron chi connectivity index (χ1n) is 6.73. The van der Waals surface area contributed by atoms with Crippen molar-refractivity contribution in [2.75, 3.05) is 4.90 Å². The fourth-order valence-corrected chi connectivity index (χ4v) is 3.19. The minimum atomic E-state index is -0.686. The van der Waals surface area contributed by atoms with Crippen LogP contribution in [0.4, 0.5) is 10.5 Å². The maximum atomic E-state index is 12.7. The van der Waals surface area contributed by atoms with E-state index in [1.54, 1.807) is 32.9 Å². The number of imide groups is 1. The highest BCUT2D eigenvalue weighted by Gasteiger charge is 2.62. The molecular weight excluding hydrogens is 313 g/mol. The molecule has 0 bridgehead atoms. The summed E-state index contributed by atoms with van der Waals surface area (Å²) in [5, 5.41) is 0.742. The molecule has 1 aliphatic heterocycles. The second kappa shape index (κ2) is 4.37. The highest BCUT2D eigenvalue weighted by Crippen LogP contribution is 2.60. The number of nitrogens with zero attached hydrogens (tertiary/aromatic N) is 1. The van der Waals surface area contributed by atoms with Crippen molar-refractivity contribution < 1.29 is 14.3 Å². The predicted molar refractivity (Wildman–Crippen MR) is 81.1 cm³/mol. The molecule has 0 unspecified atom stereocenters. The van der Waals surface area contributed by atoms with Gasteiger partial charge in [-0.1, -0.05) is 23.2 Å². The van der Waals surface area contributed by atoms with Gasteiger partial charge in [-0.3, -0.25) is 4.79 Å². The summed E-state index contributed by atoms with van der Waals surface area (Å²) in [4.78, 5) is 26.1. The van der Waals surface area contributed by atoms with Gasteiger partial charge in [-0.2, -0.15) is 0 Å². The molecule has 21 heavy (non-hydrogen) atoms. The third kappa shape index (κ3) is 2.12. The summed E-state index contributed by atoms with van der Waals surface area (Å²) in [5.74, 6) is -0.268. The molecule has 0 aromatic heterocycles. The third-order valence-corrected chi connectivity index (χ3v) is 4.54. The van der Waals surface area contributed by atoms with Gasteiger partial charge in [-0.15, -0.1) is 0 Å². The topological polar surface area (TPSA) is 46.6 Å². The first kappa shape index (κ1) is 14.7. The van der Waals surface area contributed by atoms with Crippen molar-refractivity contribution in [3.63, 3.8) is 0 Å². The quantitative estimate of drug-likeness (QED) is 0.713. The third-order valence-electron chi connectivity index (χ3n) is 3.73. The first-order chi connectivity index (χ1) is 9.67. The van der Waals surface area contributed by atoms with Gasteiger partial charge in [0.1, 0.15) is 5.60 Å². The Morgan fingerprint density at radius 2 is 1.90 bits per heavy atom. The Kier molecular flexibility index (Phi) is 3.05. The highest BCUT2D eigenvalue weighted by atomic mass is 35.5. The number of fused-ring (bicyclic) bond motifs is 2. The van der Waals surface area contributed by atoms with E-state index in [4.69, 9.17) is 27.9 Å². The van der Waals surface area contributed by atoms with Gasteiger partial charge < -0.3 is 4.74 Å². The van der Waals surface area contributed by atoms with Crippen LogP contribution < -0.4 is 4.90 Å². The normalized spacial score (nSPS) is 18.9. The van der Waals surface area contributed by atoms with Gasteiger partial charge >= 0.3 is 6.09 Å². The van der Waals surface area contributed by atoms with Gasteiger partial charge in [0, 0.05) is 5.56 Å². The molecule has 2 amide bonds. The summed E-state index contributed by atoms with van der Waals surface area (Å²) >= 11 is 12.3. The van der Waals surface area contributed by atoms with Gasteiger partial charge in [0.05, 0.1) is 21.1 Å². The molecule has 0 saturated heterocycles. The van der Waals surface area contributed by atoms with Crippen molar-refractivity contribution >= 4 is 40.9 Å². The van der Waals surface area contributed by atoms with Crippen molar-refractivity contribution in [2.24, 2.45) is 0 Å². The summed E-state index contributed by atoms with van der Waals surface area (Å²) in [6.07, 6.45) is 0.687. The van der Waals surface area contributed by atoms with Crippen LogP contribution in [-0.2, 0) is 14.9 Å². The fraction of sp³-hybridized carbons (Fsp3) is 0.467. The summed E-state index contributed by atoms with van der Waals surface area (Å²) in [5.41, 5.74) is -0.213. The zero-order valence-electron chi connectivity index (χ0n) is 12.0. The fourth-order valence-electron chi connectivity index (χ4n) is 2.69. The molecule has 2 aliphatic rings. The van der Waals surface area contributed by atoms with Crippen molar-refractivity contribution in [2.45, 2.75) is 44.6 Å². The van der Waals surface area contributed by atoms with E-state index in [9.17, 15) is 9.59 Å². The SMILES string of the molecule is CC(C)(C)OC(=O)N1C(=O)C2(CC2)c2c1ccc(Cl)c2Cl. The van der Waals surface area contributed by atoms with Crippen LogP contribution in [0.3, 0.4) is 0 Å². The number of rotatable bonds is 0. The van der Waals surface area contributed by atoms with E-state index in [2.05, 4.69) is 0 Å². The van der Waals surface area contributed by atoms with E-state index in [1.807, 2.05) is 0 Å². The number of carbonyl (C=O) groups excluding carboxylic acids is 2. The molecule has 112 valence electrons. The van der Waals surface area contributed by atoms with Crippen LogP contribution in [0.15, 0.2) is 12.1 Å². The molecular formula is C15H15Cl2NO3. The van der Waals surface area contributed by atoms with Gasteiger partial charge in [0.25, 0.3) is 0 Å². The molecule has 0 N–H and O–H groups in total. The number of amides is 2. The lowest BCUT2D eigenvalue weighted by molar-refractivity contribution is -0.120. The van der Waals surface area contributed by atoms with Crippen molar-refractivity contribution in [3.05, 3.63) is 27.7 Å². The van der Waals surface area contributed by atoms with E-state index < -0.39 is 17.1 Å². The molecule has 1 aromatic rings. The molecule has 1 aliphatic carbocycles. The van der Waals surface area contributed by atoms with Gasteiger partial charge in [-0.25, -0.2) is 9.69 Å². The average Bonchev–Trinajstić information content (AvgIpc) is 3.08. The first-order valence-corrected chi connectivity index (χ1v) is 7.49. The molecule has 3 rings (SSSR count). The van der Waals surface area contributed by atoms with Crippen LogP contribution in [0.1, 0.15) is 39.2 Å². The van der Waals surface area contributed by atoms with Crippen LogP contribution in [0.5, 0.6) is 0 Å². The van der Waals surface area contributed by atoms with E-state index in [0.29, 0.717) is 34.1 Å². The number of halogens is 2. The zero-order valence-corrected chi connectivity index (χ0v) is 13.5. The Morgan fingerprint density at radius 1 is 1.29 bits per heavy atom. The number of hydrogen-bond donors (Lipinski definition) is 0. The zero-order chi connectivity index (χ0) is 15.6. The van der Waals surface area contributed by atoms with E-state index in [-0.39, 0.29) is 5.91 Å². The van der Waals surface area contributed by atoms with Gasteiger partial charge in [-0.05, 0) is 45.7 Å². The van der Waals surface area contributed by atoms with Crippen LogP contribution in [0.2, 0.25) is 10.0 Å². The molecule has 0 radical (unpaired) electrons. The lowest BCUT2D eigenvalue weighted by Gasteiger charge is -2.24. The molecule has 1 spiro atoms. The van der Waals surface area contributed by atoms with Crippen LogP contribution in [0.25, 0.3) is 0 Å². The number of carbonyl (C=O) groups is 2. The van der Waals surface area contributed by atoms with E-state index >= 15 is 0 Å². The van der Waals surface area contributed by atoms with E-state index in [1.165, 1.54) is 0 Å². The minimum absolute atomic E-state index is 0.268. The van der Waals surface area contributed by atoms with Gasteiger partial charge in [0.2, 0.25) is 5.91 Å². The second-order valence-corrected chi connectivity index (χ2v) is 7.24. The van der Waals surface area contributed by atoms with Crippen molar-refractivity contribution in [1.82, 2.24) is 0 Å². The summed E-state index contributed by atoms with van der Waals surface area (Å²) in [7, 11) is 0. The van der Waals surface area contributed by atoms with Crippen LogP contribution >= 0.6 is 23.2 Å². The standard InChI is InChI=1S/C15H15Cl2NO3/c1-14(2,3)21-13(20)18-9-5-4-8(16)11(17)10(9)15(6-7-15)12(18)19/h4-5H,6-7H2,1-3H3. The number of anilines is 1. The monoisotopic (exact) mass is 327 g/mol. The predicted octanol–water partition coefficient (Wildman–Crippen LogP) is 4.31. The Morgan fingerprint density at radius 3 is 2.43 bits per heavy atom. The van der Waals surface area contributed by atoms with Crippen molar-refractivity contribution in [1.29, 1.82) is 0 Å². The Balaban J connectivity index is 2.08. The second-order valence-electron chi connectivity index (χ2n) is 6.46. The molecule has 6 heteroatoms. The maximum absolute atomic E-state index is 12.7. The lowest BCUT2D eigenvalue weighted by Crippen LogP contribution is -2.41. The van der Waals surface area contributed by atoms with Crippen molar-refractivity contribution in [3.8, 4) is 0 Å². The van der Waals surface area contributed by atoms with Crippen LogP contribution in [0, 0.1) is 0 Å². The molecule has 1 saturated carbocycles. The van der Waals surface area contributed by atoms with Gasteiger partial charge in [0.15, 0.2) is 0 Å². The lowest BCUT2D eigenvalue weighted by atomic mass is 9.98. The smallest absolute Gasteiger partial charge is 0.421 e. The minimum Gasteiger partial charge on any atom is -0.443 e. The number of benzene rings is 1. The average molecular weight is 328 g/mol. The largest absolute Gasteiger partial charge is 0.443 e. The molecule has 1 heterocycles. The molecule has 0 atom stereocenters. The number of ether oxygens (including phenoxy) is 1. The summed E-state index contributed by atoms with van der Waals surface area (Å²) < 4.78 is 5.33. The summed E-state index contributed by atoms with van der Waals surface area (Å²) in [6.45, 7) is 5.27. The maximum Gasteiger partial charge on any atom is 0.421 e. The Hall–Kier alpha value is -1.26. The summed E-state index contributed by atoms with van der Waals surface area (Å²) in [6, 6.07) is 3.24. The molecule has 4 nitrogen and oxygen atoms in total. The molecule has 1 fully saturated rings.